The van der Waals surface area contributed by atoms with E-state index in [0.29, 0.717) is 5.69 Å². The number of hydrogen-bond acceptors (Lipinski definition) is 5. The van der Waals surface area contributed by atoms with E-state index in [1.165, 1.54) is 13.2 Å². The largest absolute Gasteiger partial charge is 0.465 e. The van der Waals surface area contributed by atoms with Crippen molar-refractivity contribution < 1.29 is 13.9 Å². The number of nitrogens with one attached hydrogen (secondary N) is 1. The minimum atomic E-state index is -0.618. The van der Waals surface area contributed by atoms with Crippen molar-refractivity contribution in [3.8, 4) is 0 Å². The zero-order valence-electron chi connectivity index (χ0n) is 11.1. The molecule has 2 aromatic rings. The number of carbonyl (C=O) groups excluding carboxylic acids is 1. The molecule has 1 aromatic heterocycles. The summed E-state index contributed by atoms with van der Waals surface area (Å²) in [6, 6.07) is 4.21. The van der Waals surface area contributed by atoms with Crippen LogP contribution in [0.4, 0.5) is 21.5 Å². The Morgan fingerprint density at radius 3 is 2.75 bits per heavy atom. The molecular formula is C14H14FN3O2. The highest BCUT2D eigenvalue weighted by Crippen LogP contribution is 2.25. The Morgan fingerprint density at radius 2 is 2.10 bits per heavy atom. The van der Waals surface area contributed by atoms with Crippen LogP contribution in [-0.4, -0.2) is 18.1 Å². The molecule has 1 heterocycles. The van der Waals surface area contributed by atoms with Gasteiger partial charge in [-0.05, 0) is 30.7 Å². The van der Waals surface area contributed by atoms with Crippen molar-refractivity contribution in [1.29, 1.82) is 0 Å². The Labute approximate surface area is 115 Å². The van der Waals surface area contributed by atoms with E-state index in [9.17, 15) is 9.18 Å². The highest BCUT2D eigenvalue weighted by Gasteiger charge is 2.14. The van der Waals surface area contributed by atoms with E-state index in [4.69, 9.17) is 5.73 Å². The van der Waals surface area contributed by atoms with Gasteiger partial charge in [0.2, 0.25) is 0 Å². The van der Waals surface area contributed by atoms with Crippen molar-refractivity contribution in [3.05, 3.63) is 47.5 Å². The first kappa shape index (κ1) is 13.8. The molecule has 0 aliphatic carbocycles. The Kier molecular flexibility index (Phi) is 3.84. The number of ether oxygens (including phenoxy) is 1. The van der Waals surface area contributed by atoms with Gasteiger partial charge in [-0.3, -0.25) is 4.98 Å². The molecule has 0 radical (unpaired) electrons. The lowest BCUT2D eigenvalue weighted by Crippen LogP contribution is -2.07. The van der Waals surface area contributed by atoms with Crippen molar-refractivity contribution in [3.63, 3.8) is 0 Å². The lowest BCUT2D eigenvalue weighted by molar-refractivity contribution is 0.0602. The monoisotopic (exact) mass is 275 g/mol. The van der Waals surface area contributed by atoms with E-state index >= 15 is 0 Å². The van der Waals surface area contributed by atoms with E-state index in [1.807, 2.05) is 6.92 Å². The molecule has 1 aromatic carbocycles. The summed E-state index contributed by atoms with van der Waals surface area (Å²) in [5, 5.41) is 2.86. The molecular weight excluding hydrogens is 261 g/mol. The molecule has 3 N–H and O–H groups in total. The molecule has 0 atom stereocenters. The summed E-state index contributed by atoms with van der Waals surface area (Å²) < 4.78 is 18.5. The molecule has 0 amide bonds. The maximum Gasteiger partial charge on any atom is 0.340 e. The number of hydrogen-bond donors (Lipinski definition) is 2. The van der Waals surface area contributed by atoms with Crippen LogP contribution in [0.3, 0.4) is 0 Å². The Balaban J connectivity index is 2.39. The molecule has 2 rings (SSSR count). The second-order valence-corrected chi connectivity index (χ2v) is 4.29. The second kappa shape index (κ2) is 5.56. The van der Waals surface area contributed by atoms with Gasteiger partial charge in [-0.15, -0.1) is 0 Å². The number of rotatable bonds is 3. The number of halogens is 1. The molecule has 0 saturated heterocycles. The van der Waals surface area contributed by atoms with Crippen molar-refractivity contribution in [1.82, 2.24) is 4.98 Å². The number of aromatic nitrogens is 1. The van der Waals surface area contributed by atoms with Gasteiger partial charge < -0.3 is 15.8 Å². The Morgan fingerprint density at radius 1 is 1.35 bits per heavy atom. The number of benzene rings is 1. The van der Waals surface area contributed by atoms with Crippen LogP contribution in [0.5, 0.6) is 0 Å². The van der Waals surface area contributed by atoms with Gasteiger partial charge in [0.15, 0.2) is 0 Å². The topological polar surface area (TPSA) is 77.2 Å². The average molecular weight is 275 g/mol. The van der Waals surface area contributed by atoms with Gasteiger partial charge in [0.1, 0.15) is 5.82 Å². The molecule has 6 heteroatoms. The number of anilines is 3. The highest BCUT2D eigenvalue weighted by atomic mass is 19.1. The minimum Gasteiger partial charge on any atom is -0.465 e. The van der Waals surface area contributed by atoms with Crippen molar-refractivity contribution in [2.75, 3.05) is 18.2 Å². The van der Waals surface area contributed by atoms with Crippen LogP contribution in [0.25, 0.3) is 0 Å². The number of nitrogens with zero attached hydrogens (tertiary/aromatic N) is 1. The van der Waals surface area contributed by atoms with Gasteiger partial charge in [0, 0.05) is 11.9 Å². The van der Waals surface area contributed by atoms with Crippen LogP contribution in [0.1, 0.15) is 15.9 Å². The molecule has 0 spiro atoms. The highest BCUT2D eigenvalue weighted by molar-refractivity contribution is 5.96. The summed E-state index contributed by atoms with van der Waals surface area (Å²) in [6.45, 7) is 1.87. The third-order valence-electron chi connectivity index (χ3n) is 2.70. The number of esters is 1. The van der Waals surface area contributed by atoms with Crippen molar-refractivity contribution >= 4 is 23.0 Å². The fraction of sp³-hybridized carbons (Fsp3) is 0.143. The maximum atomic E-state index is 13.9. The molecule has 0 saturated carbocycles. The van der Waals surface area contributed by atoms with Crippen LogP contribution < -0.4 is 11.1 Å². The molecule has 20 heavy (non-hydrogen) atoms. The number of nitrogens with two attached hydrogens (primary N) is 1. The summed E-state index contributed by atoms with van der Waals surface area (Å²) in [6.07, 6.45) is 3.24. The summed E-state index contributed by atoms with van der Waals surface area (Å²) in [5.41, 5.74) is 7.42. The maximum absolute atomic E-state index is 13.9. The zero-order valence-corrected chi connectivity index (χ0v) is 11.1. The SMILES string of the molecule is COC(=O)c1cc(Nc2cncc(C)c2)c(F)cc1N. The van der Waals surface area contributed by atoms with Gasteiger partial charge in [0.05, 0.1) is 30.2 Å². The normalized spacial score (nSPS) is 10.2. The van der Waals surface area contributed by atoms with Gasteiger partial charge in [-0.1, -0.05) is 0 Å². The van der Waals surface area contributed by atoms with Crippen LogP contribution in [-0.2, 0) is 4.74 Å². The number of aryl methyl sites for hydroxylation is 1. The molecule has 0 fully saturated rings. The third kappa shape index (κ3) is 2.85. The predicted molar refractivity (Wildman–Crippen MR) is 74.4 cm³/mol. The van der Waals surface area contributed by atoms with Crippen molar-refractivity contribution in [2.24, 2.45) is 0 Å². The van der Waals surface area contributed by atoms with Crippen LogP contribution in [0.2, 0.25) is 0 Å². The lowest BCUT2D eigenvalue weighted by atomic mass is 10.1. The van der Waals surface area contributed by atoms with Crippen molar-refractivity contribution in [2.45, 2.75) is 6.92 Å². The number of methoxy groups -OCH3 is 1. The number of nitrogen functional groups attached to an aromatic ring is 1. The number of pyridine rings is 1. The first-order valence-electron chi connectivity index (χ1n) is 5.87. The zero-order chi connectivity index (χ0) is 14.7. The van der Waals surface area contributed by atoms with Gasteiger partial charge in [0.25, 0.3) is 0 Å². The average Bonchev–Trinajstić information content (AvgIpc) is 2.41. The van der Waals surface area contributed by atoms with E-state index in [0.717, 1.165) is 11.6 Å². The molecule has 0 aliphatic rings. The quantitative estimate of drug-likeness (QED) is 0.665. The van der Waals surface area contributed by atoms with Crippen LogP contribution in [0.15, 0.2) is 30.6 Å². The fourth-order valence-electron chi connectivity index (χ4n) is 1.75. The third-order valence-corrected chi connectivity index (χ3v) is 2.70. The van der Waals surface area contributed by atoms with E-state index < -0.39 is 11.8 Å². The second-order valence-electron chi connectivity index (χ2n) is 4.29. The molecule has 0 unspecified atom stereocenters. The minimum absolute atomic E-state index is 0.0299. The first-order valence-corrected chi connectivity index (χ1v) is 5.87. The summed E-state index contributed by atoms with van der Waals surface area (Å²) in [4.78, 5) is 15.5. The van der Waals surface area contributed by atoms with E-state index in [2.05, 4.69) is 15.0 Å². The molecule has 0 bridgehead atoms. The standard InChI is InChI=1S/C14H14FN3O2/c1-8-3-9(7-17-6-8)18-13-4-10(14(19)20-2)12(16)5-11(13)15/h3-7,18H,16H2,1-2H3. The first-order chi connectivity index (χ1) is 9.51. The predicted octanol–water partition coefficient (Wildman–Crippen LogP) is 2.64. The molecule has 0 aliphatic heterocycles. The Bertz CT molecular complexity index is 659. The van der Waals surface area contributed by atoms with E-state index in [-0.39, 0.29) is 16.9 Å². The summed E-state index contributed by atoms with van der Waals surface area (Å²) >= 11 is 0. The number of carbonyl (C=O) groups is 1. The van der Waals surface area contributed by atoms with Gasteiger partial charge >= 0.3 is 5.97 Å². The van der Waals surface area contributed by atoms with Crippen LogP contribution >= 0.6 is 0 Å². The van der Waals surface area contributed by atoms with Crippen LogP contribution in [0, 0.1) is 12.7 Å². The molecule has 104 valence electrons. The Hall–Kier alpha value is -2.63. The van der Waals surface area contributed by atoms with E-state index in [1.54, 1.807) is 18.5 Å². The summed E-state index contributed by atoms with van der Waals surface area (Å²) in [5.74, 6) is -1.18. The molecule has 5 nitrogen and oxygen atoms in total. The smallest absolute Gasteiger partial charge is 0.340 e. The van der Waals surface area contributed by atoms with Gasteiger partial charge in [-0.2, -0.15) is 0 Å². The lowest BCUT2D eigenvalue weighted by Gasteiger charge is -2.11. The van der Waals surface area contributed by atoms with Gasteiger partial charge in [-0.25, -0.2) is 9.18 Å². The summed E-state index contributed by atoms with van der Waals surface area (Å²) in [7, 11) is 1.24. The fourth-order valence-corrected chi connectivity index (χ4v) is 1.75.